The Bertz CT molecular complexity index is 1440. The van der Waals surface area contributed by atoms with Crippen molar-refractivity contribution < 1.29 is 4.79 Å². The maximum Gasteiger partial charge on any atom is 0.264 e. The minimum Gasteiger partial charge on any atom is -0.330 e. The van der Waals surface area contributed by atoms with E-state index in [-0.39, 0.29) is 16.5 Å². The van der Waals surface area contributed by atoms with Crippen LogP contribution in [0.3, 0.4) is 0 Å². The number of hydrogen-bond acceptors (Lipinski definition) is 6. The molecule has 2 aromatic heterocycles. The summed E-state index contributed by atoms with van der Waals surface area (Å²) in [6.07, 6.45) is 1.10. The first kappa shape index (κ1) is 26.3. The van der Waals surface area contributed by atoms with Crippen LogP contribution in [-0.4, -0.2) is 37.8 Å². The second kappa shape index (κ2) is 11.5. The van der Waals surface area contributed by atoms with Gasteiger partial charge in [0.15, 0.2) is 4.83 Å². The molecule has 0 saturated carbocycles. The van der Waals surface area contributed by atoms with Crippen LogP contribution in [0.4, 0.5) is 0 Å². The summed E-state index contributed by atoms with van der Waals surface area (Å²) in [5.74, 6) is 0.218. The first-order chi connectivity index (χ1) is 17.4. The molecular formula is C26H27Cl2N5O2S. The van der Waals surface area contributed by atoms with E-state index in [2.05, 4.69) is 4.37 Å². The molecule has 0 aliphatic rings. The zero-order chi connectivity index (χ0) is 25.8. The first-order valence-corrected chi connectivity index (χ1v) is 13.3. The molecule has 4 rings (SSSR count). The molecule has 2 heterocycles. The Balaban J connectivity index is 1.89. The summed E-state index contributed by atoms with van der Waals surface area (Å²) in [4.78, 5) is 34.8. The number of rotatable bonds is 9. The van der Waals surface area contributed by atoms with Gasteiger partial charge in [-0.15, -0.1) is 0 Å². The Morgan fingerprint density at radius 2 is 1.92 bits per heavy atom. The summed E-state index contributed by atoms with van der Waals surface area (Å²) in [6.45, 7) is 4.87. The van der Waals surface area contributed by atoms with E-state index in [1.165, 1.54) is 11.5 Å². The molecule has 1 atom stereocenters. The van der Waals surface area contributed by atoms with Gasteiger partial charge in [-0.1, -0.05) is 66.5 Å². The number of amides is 1. The van der Waals surface area contributed by atoms with Gasteiger partial charge in [-0.3, -0.25) is 14.2 Å². The van der Waals surface area contributed by atoms with Gasteiger partial charge in [0, 0.05) is 6.54 Å². The average Bonchev–Trinajstić information content (AvgIpc) is 3.26. The van der Waals surface area contributed by atoms with Crippen molar-refractivity contribution in [1.29, 1.82) is 0 Å². The molecule has 0 fully saturated rings. The summed E-state index contributed by atoms with van der Waals surface area (Å²) >= 11 is 13.8. The molecule has 0 spiro atoms. The van der Waals surface area contributed by atoms with Crippen LogP contribution in [0.1, 0.15) is 53.2 Å². The van der Waals surface area contributed by atoms with E-state index in [1.807, 2.05) is 44.2 Å². The van der Waals surface area contributed by atoms with Gasteiger partial charge in [0.1, 0.15) is 5.82 Å². The number of nitrogens with zero attached hydrogens (tertiary/aromatic N) is 4. The molecule has 0 bridgehead atoms. The average molecular weight is 545 g/mol. The highest BCUT2D eigenvalue weighted by molar-refractivity contribution is 7.12. The minimum absolute atomic E-state index is 0.171. The van der Waals surface area contributed by atoms with Crippen LogP contribution in [0.2, 0.25) is 10.0 Å². The largest absolute Gasteiger partial charge is 0.330 e. The summed E-state index contributed by atoms with van der Waals surface area (Å²) in [6, 6.07) is 14.2. The molecule has 1 amide bonds. The van der Waals surface area contributed by atoms with Crippen molar-refractivity contribution in [3.8, 4) is 0 Å². The van der Waals surface area contributed by atoms with Gasteiger partial charge in [-0.2, -0.15) is 4.37 Å². The minimum atomic E-state index is -0.498. The first-order valence-electron chi connectivity index (χ1n) is 11.7. The molecule has 2 aromatic carbocycles. The lowest BCUT2D eigenvalue weighted by atomic mass is 10.1. The van der Waals surface area contributed by atoms with E-state index in [1.54, 1.807) is 27.7 Å². The second-order valence-corrected chi connectivity index (χ2v) is 10.00. The van der Waals surface area contributed by atoms with Crippen LogP contribution in [0.15, 0.2) is 53.3 Å². The molecule has 2 N–H and O–H groups in total. The van der Waals surface area contributed by atoms with Gasteiger partial charge in [0.2, 0.25) is 0 Å². The molecule has 0 aliphatic heterocycles. The maximum absolute atomic E-state index is 13.8. The number of carbonyl (C=O) groups is 1. The highest BCUT2D eigenvalue weighted by Crippen LogP contribution is 2.31. The molecule has 36 heavy (non-hydrogen) atoms. The zero-order valence-corrected chi connectivity index (χ0v) is 22.4. The zero-order valence-electron chi connectivity index (χ0n) is 20.1. The van der Waals surface area contributed by atoms with E-state index in [9.17, 15) is 9.59 Å². The van der Waals surface area contributed by atoms with Gasteiger partial charge in [-0.05, 0) is 55.5 Å². The van der Waals surface area contributed by atoms with Gasteiger partial charge >= 0.3 is 0 Å². The third kappa shape index (κ3) is 5.18. The number of halogens is 2. The summed E-state index contributed by atoms with van der Waals surface area (Å²) in [5.41, 5.74) is 7.55. The van der Waals surface area contributed by atoms with Gasteiger partial charge in [0.05, 0.1) is 39.3 Å². The van der Waals surface area contributed by atoms with Crippen molar-refractivity contribution in [1.82, 2.24) is 18.8 Å². The Kier molecular flexibility index (Phi) is 8.41. The van der Waals surface area contributed by atoms with Crippen molar-refractivity contribution >= 4 is 50.9 Å². The predicted octanol–water partition coefficient (Wildman–Crippen LogP) is 5.46. The van der Waals surface area contributed by atoms with Crippen molar-refractivity contribution in [2.75, 3.05) is 13.1 Å². The van der Waals surface area contributed by atoms with Crippen LogP contribution in [0.5, 0.6) is 0 Å². The fraction of sp³-hybridized carbons (Fsp3) is 0.308. The topological polar surface area (TPSA) is 94.1 Å². The normalized spacial score (nSPS) is 12.1. The number of hydrogen-bond donors (Lipinski definition) is 1. The maximum atomic E-state index is 13.8. The number of nitrogens with two attached hydrogens (primary N) is 1. The van der Waals surface area contributed by atoms with Crippen molar-refractivity contribution in [3.05, 3.63) is 91.6 Å². The van der Waals surface area contributed by atoms with Gasteiger partial charge < -0.3 is 10.6 Å². The number of fused-ring (bicyclic) bond motifs is 1. The van der Waals surface area contributed by atoms with Crippen molar-refractivity contribution in [3.63, 3.8) is 0 Å². The van der Waals surface area contributed by atoms with Crippen LogP contribution in [-0.2, 0) is 6.54 Å². The summed E-state index contributed by atoms with van der Waals surface area (Å²) in [5, 5.41) is 1.00. The number of benzene rings is 2. The molecule has 7 nitrogen and oxygen atoms in total. The summed E-state index contributed by atoms with van der Waals surface area (Å²) < 4.78 is 6.03. The van der Waals surface area contributed by atoms with Crippen LogP contribution in [0, 0.1) is 6.92 Å². The molecule has 4 aromatic rings. The van der Waals surface area contributed by atoms with Crippen molar-refractivity contribution in [2.24, 2.45) is 5.73 Å². The molecule has 0 saturated heterocycles. The third-order valence-corrected chi connectivity index (χ3v) is 7.74. The molecule has 10 heteroatoms. The quantitative estimate of drug-likeness (QED) is 0.302. The van der Waals surface area contributed by atoms with Gasteiger partial charge in [0.25, 0.3) is 11.5 Å². The lowest BCUT2D eigenvalue weighted by Crippen LogP contribution is -2.40. The summed E-state index contributed by atoms with van der Waals surface area (Å²) in [7, 11) is 0. The van der Waals surface area contributed by atoms with Crippen LogP contribution < -0.4 is 11.3 Å². The molecule has 1 unspecified atom stereocenters. The van der Waals surface area contributed by atoms with E-state index in [0.29, 0.717) is 64.8 Å². The highest BCUT2D eigenvalue weighted by atomic mass is 35.5. The van der Waals surface area contributed by atoms with E-state index >= 15 is 0 Å². The Hall–Kier alpha value is -2.78. The molecular weight excluding hydrogens is 517 g/mol. The molecule has 0 aliphatic carbocycles. The molecule has 188 valence electrons. The number of carbonyl (C=O) groups excluding carboxylic acids is 1. The standard InChI is InChI=1S/C26H27Cl2N5O2S/c1-3-20(32(14-8-13-29)25(34)18-11-7-12-19(27)22(18)28)23-30-24-21(16(2)31-36-24)26(35)33(23)15-17-9-5-4-6-10-17/h4-7,9-12,20H,3,8,13-15,29H2,1-2H3. The third-order valence-electron chi connectivity index (χ3n) is 6.09. The van der Waals surface area contributed by atoms with E-state index in [0.717, 1.165) is 5.56 Å². The van der Waals surface area contributed by atoms with E-state index < -0.39 is 6.04 Å². The van der Waals surface area contributed by atoms with Crippen LogP contribution in [0.25, 0.3) is 10.2 Å². The van der Waals surface area contributed by atoms with E-state index in [4.69, 9.17) is 33.9 Å². The lowest BCUT2D eigenvalue weighted by molar-refractivity contribution is 0.0656. The van der Waals surface area contributed by atoms with Crippen LogP contribution >= 0.6 is 34.7 Å². The predicted molar refractivity (Wildman–Crippen MR) is 146 cm³/mol. The SMILES string of the molecule is CCC(c1nc2snc(C)c2c(=O)n1Cc1ccccc1)N(CCCN)C(=O)c1cccc(Cl)c1Cl. The lowest BCUT2D eigenvalue weighted by Gasteiger charge is -2.32. The number of aryl methyl sites for hydroxylation is 1. The second-order valence-electron chi connectivity index (χ2n) is 8.46. The Morgan fingerprint density at radius 1 is 1.17 bits per heavy atom. The Labute approximate surface area is 223 Å². The van der Waals surface area contributed by atoms with Gasteiger partial charge in [-0.25, -0.2) is 4.98 Å². The fourth-order valence-corrected chi connectivity index (χ4v) is 5.44. The highest BCUT2D eigenvalue weighted by Gasteiger charge is 2.31. The van der Waals surface area contributed by atoms with Crippen molar-refractivity contribution in [2.45, 2.75) is 39.3 Å². The monoisotopic (exact) mass is 543 g/mol. The smallest absolute Gasteiger partial charge is 0.264 e. The fourth-order valence-electron chi connectivity index (χ4n) is 4.28. The molecule has 0 radical (unpaired) electrons. The Morgan fingerprint density at radius 3 is 2.61 bits per heavy atom. The number of aromatic nitrogens is 3.